The van der Waals surface area contributed by atoms with Crippen LogP contribution in [0.4, 0.5) is 4.79 Å². The molecule has 20 heavy (non-hydrogen) atoms. The molecule has 3 unspecified atom stereocenters. The van der Waals surface area contributed by atoms with Crippen molar-refractivity contribution in [1.82, 2.24) is 10.6 Å². The Morgan fingerprint density at radius 3 is 2.20 bits per heavy atom. The van der Waals surface area contributed by atoms with Crippen LogP contribution < -0.4 is 10.6 Å². The molecule has 0 spiro atoms. The van der Waals surface area contributed by atoms with E-state index < -0.39 is 22.8 Å². The lowest BCUT2D eigenvalue weighted by Gasteiger charge is -2.30. The number of rotatable bonds is 7. The van der Waals surface area contributed by atoms with Gasteiger partial charge < -0.3 is 15.7 Å². The van der Waals surface area contributed by atoms with Crippen molar-refractivity contribution in [2.75, 3.05) is 12.0 Å². The average molecular weight is 306 g/mol. The van der Waals surface area contributed by atoms with E-state index in [9.17, 15) is 13.8 Å². The van der Waals surface area contributed by atoms with Gasteiger partial charge in [-0.1, -0.05) is 20.8 Å². The molecule has 0 rings (SSSR count). The number of carbonyl (C=O) groups excluding carboxylic acids is 1. The highest BCUT2D eigenvalue weighted by molar-refractivity contribution is 7.84. The fourth-order valence-corrected chi connectivity index (χ4v) is 2.27. The van der Waals surface area contributed by atoms with E-state index in [0.717, 1.165) is 0 Å². The zero-order chi connectivity index (χ0) is 15.9. The Morgan fingerprint density at radius 1 is 1.25 bits per heavy atom. The molecule has 0 aromatic heterocycles. The molecule has 0 aromatic rings. The zero-order valence-electron chi connectivity index (χ0n) is 12.9. The molecule has 3 atom stereocenters. The SMILES string of the molecule is CC(CCS(C)=O)NC(=O)NC(CC(=O)O)C(C)(C)C. The quantitative estimate of drug-likeness (QED) is 0.661. The molecule has 0 aliphatic carbocycles. The summed E-state index contributed by atoms with van der Waals surface area (Å²) in [5.74, 6) is -0.418. The molecule has 0 aliphatic heterocycles. The van der Waals surface area contributed by atoms with Crippen LogP contribution in [-0.4, -0.2) is 45.4 Å². The van der Waals surface area contributed by atoms with E-state index >= 15 is 0 Å². The Labute approximate surface area is 123 Å². The summed E-state index contributed by atoms with van der Waals surface area (Å²) in [7, 11) is -0.883. The first-order valence-electron chi connectivity index (χ1n) is 6.61. The number of carbonyl (C=O) groups is 2. The van der Waals surface area contributed by atoms with E-state index in [1.54, 1.807) is 6.26 Å². The highest BCUT2D eigenvalue weighted by atomic mass is 32.2. The minimum Gasteiger partial charge on any atom is -0.481 e. The fraction of sp³-hybridized carbons (Fsp3) is 0.846. The van der Waals surface area contributed by atoms with Gasteiger partial charge in [0.05, 0.1) is 6.42 Å². The molecule has 0 fully saturated rings. The van der Waals surface area contributed by atoms with Crippen LogP contribution in [0.2, 0.25) is 0 Å². The maximum absolute atomic E-state index is 11.8. The summed E-state index contributed by atoms with van der Waals surface area (Å²) < 4.78 is 11.0. The Kier molecular flexibility index (Phi) is 7.78. The minimum absolute atomic E-state index is 0.107. The first kappa shape index (κ1) is 18.9. The van der Waals surface area contributed by atoms with Gasteiger partial charge in [0.1, 0.15) is 0 Å². The van der Waals surface area contributed by atoms with Crippen LogP contribution in [0.5, 0.6) is 0 Å². The number of carboxylic acids is 1. The van der Waals surface area contributed by atoms with Crippen molar-refractivity contribution in [3.8, 4) is 0 Å². The van der Waals surface area contributed by atoms with Gasteiger partial charge in [-0.25, -0.2) is 4.79 Å². The highest BCUT2D eigenvalue weighted by Crippen LogP contribution is 2.21. The average Bonchev–Trinajstić information content (AvgIpc) is 2.23. The van der Waals surface area contributed by atoms with Crippen LogP contribution in [-0.2, 0) is 15.6 Å². The van der Waals surface area contributed by atoms with Crippen LogP contribution in [0.3, 0.4) is 0 Å². The Morgan fingerprint density at radius 2 is 1.80 bits per heavy atom. The smallest absolute Gasteiger partial charge is 0.315 e. The van der Waals surface area contributed by atoms with Crippen LogP contribution in [0.15, 0.2) is 0 Å². The van der Waals surface area contributed by atoms with Gasteiger partial charge in [-0.15, -0.1) is 0 Å². The van der Waals surface area contributed by atoms with E-state index in [1.165, 1.54) is 0 Å². The fourth-order valence-electron chi connectivity index (χ4n) is 1.59. The first-order chi connectivity index (χ1) is 9.02. The Balaban J connectivity index is 4.39. The standard InChI is InChI=1S/C13H26N2O4S/c1-9(6-7-20(5)19)14-12(18)15-10(8-11(16)17)13(2,3)4/h9-10H,6-8H2,1-5H3,(H,16,17)(H2,14,15,18). The third-order valence-corrected chi connectivity index (χ3v) is 3.76. The number of urea groups is 1. The van der Waals surface area contributed by atoms with Crippen LogP contribution in [0.25, 0.3) is 0 Å². The largest absolute Gasteiger partial charge is 0.481 e. The molecule has 0 saturated carbocycles. The molecule has 0 aliphatic rings. The van der Waals surface area contributed by atoms with Crippen molar-refractivity contribution in [2.24, 2.45) is 5.41 Å². The Bertz CT molecular complexity index is 366. The van der Waals surface area contributed by atoms with E-state index in [2.05, 4.69) is 10.6 Å². The van der Waals surface area contributed by atoms with E-state index in [-0.39, 0.29) is 23.9 Å². The van der Waals surface area contributed by atoms with Gasteiger partial charge in [0, 0.05) is 34.9 Å². The predicted octanol–water partition coefficient (Wildman–Crippen LogP) is 1.33. The third kappa shape index (κ3) is 8.90. The van der Waals surface area contributed by atoms with Crippen molar-refractivity contribution in [3.63, 3.8) is 0 Å². The summed E-state index contributed by atoms with van der Waals surface area (Å²) in [6.45, 7) is 7.47. The van der Waals surface area contributed by atoms with Gasteiger partial charge in [-0.3, -0.25) is 9.00 Å². The maximum atomic E-state index is 11.8. The molecule has 3 N–H and O–H groups in total. The predicted molar refractivity (Wildman–Crippen MR) is 80.2 cm³/mol. The molecule has 0 radical (unpaired) electrons. The van der Waals surface area contributed by atoms with Gasteiger partial charge in [0.2, 0.25) is 0 Å². The summed E-state index contributed by atoms with van der Waals surface area (Å²) in [6, 6.07) is -0.947. The monoisotopic (exact) mass is 306 g/mol. The van der Waals surface area contributed by atoms with Gasteiger partial charge in [0.25, 0.3) is 0 Å². The molecule has 7 heteroatoms. The molecule has 2 amide bonds. The zero-order valence-corrected chi connectivity index (χ0v) is 13.7. The molecule has 0 bridgehead atoms. The number of nitrogens with one attached hydrogen (secondary N) is 2. The van der Waals surface area contributed by atoms with Gasteiger partial charge in [-0.05, 0) is 18.8 Å². The number of hydrogen-bond donors (Lipinski definition) is 3. The molecular formula is C13H26N2O4S. The molecule has 0 heterocycles. The summed E-state index contributed by atoms with van der Waals surface area (Å²) in [4.78, 5) is 22.7. The summed E-state index contributed by atoms with van der Waals surface area (Å²) in [5.41, 5.74) is -0.343. The summed E-state index contributed by atoms with van der Waals surface area (Å²) in [6.07, 6.45) is 2.12. The molecular weight excluding hydrogens is 280 g/mol. The lowest BCUT2D eigenvalue weighted by Crippen LogP contribution is -2.50. The topological polar surface area (TPSA) is 95.5 Å². The first-order valence-corrected chi connectivity index (χ1v) is 8.34. The second-order valence-corrected chi connectivity index (χ2v) is 7.66. The van der Waals surface area contributed by atoms with Gasteiger partial charge in [0.15, 0.2) is 0 Å². The normalized spacial score (nSPS) is 16.1. The van der Waals surface area contributed by atoms with Gasteiger partial charge >= 0.3 is 12.0 Å². The molecule has 118 valence electrons. The summed E-state index contributed by atoms with van der Waals surface area (Å²) >= 11 is 0. The van der Waals surface area contributed by atoms with Crippen molar-refractivity contribution >= 4 is 22.8 Å². The van der Waals surface area contributed by atoms with E-state index in [1.807, 2.05) is 27.7 Å². The van der Waals surface area contributed by atoms with Crippen LogP contribution >= 0.6 is 0 Å². The third-order valence-electron chi connectivity index (χ3n) is 2.95. The van der Waals surface area contributed by atoms with E-state index in [0.29, 0.717) is 12.2 Å². The second-order valence-electron chi connectivity index (χ2n) is 6.10. The maximum Gasteiger partial charge on any atom is 0.315 e. The highest BCUT2D eigenvalue weighted by Gasteiger charge is 2.28. The number of carboxylic acid groups (broad SMARTS) is 1. The number of hydrogen-bond acceptors (Lipinski definition) is 3. The minimum atomic E-state index is -0.945. The van der Waals surface area contributed by atoms with Crippen molar-refractivity contribution in [3.05, 3.63) is 0 Å². The molecule has 0 aromatic carbocycles. The molecule has 0 saturated heterocycles. The van der Waals surface area contributed by atoms with E-state index in [4.69, 9.17) is 5.11 Å². The second kappa shape index (κ2) is 8.24. The lowest BCUT2D eigenvalue weighted by molar-refractivity contribution is -0.138. The number of amides is 2. The number of aliphatic carboxylic acids is 1. The van der Waals surface area contributed by atoms with Gasteiger partial charge in [-0.2, -0.15) is 0 Å². The van der Waals surface area contributed by atoms with Crippen molar-refractivity contribution in [1.29, 1.82) is 0 Å². The van der Waals surface area contributed by atoms with Crippen molar-refractivity contribution < 1.29 is 18.9 Å². The van der Waals surface area contributed by atoms with Crippen LogP contribution in [0.1, 0.15) is 40.5 Å². The Hall–Kier alpha value is -1.11. The van der Waals surface area contributed by atoms with Crippen molar-refractivity contribution in [2.45, 2.75) is 52.6 Å². The molecule has 6 nitrogen and oxygen atoms in total. The van der Waals surface area contributed by atoms with Crippen LogP contribution in [0, 0.1) is 5.41 Å². The lowest BCUT2D eigenvalue weighted by atomic mass is 9.85. The summed E-state index contributed by atoms with van der Waals surface area (Å²) in [5, 5.41) is 14.3.